The zero-order valence-electron chi connectivity index (χ0n) is 18.9. The lowest BCUT2D eigenvalue weighted by atomic mass is 9.99. The molecule has 1 saturated heterocycles. The summed E-state index contributed by atoms with van der Waals surface area (Å²) in [7, 11) is 0. The first kappa shape index (κ1) is 21.4. The smallest absolute Gasteiger partial charge is 0.256 e. The molecule has 7 nitrogen and oxygen atoms in total. The molecule has 0 radical (unpaired) electrons. The lowest BCUT2D eigenvalue weighted by Gasteiger charge is -2.34. The minimum atomic E-state index is -0.498. The van der Waals surface area contributed by atoms with Crippen LogP contribution in [0.25, 0.3) is 11.1 Å². The van der Waals surface area contributed by atoms with Crippen LogP contribution in [0.1, 0.15) is 61.4 Å². The van der Waals surface area contributed by atoms with Gasteiger partial charge in [-0.15, -0.1) is 0 Å². The van der Waals surface area contributed by atoms with E-state index in [4.69, 9.17) is 5.10 Å². The van der Waals surface area contributed by atoms with Crippen LogP contribution in [0.15, 0.2) is 60.7 Å². The number of nitrogens with zero attached hydrogens (tertiary/aromatic N) is 2. The number of amides is 2. The van der Waals surface area contributed by atoms with E-state index in [2.05, 4.69) is 29.8 Å². The van der Waals surface area contributed by atoms with Crippen LogP contribution in [0.2, 0.25) is 0 Å². The van der Waals surface area contributed by atoms with E-state index in [0.717, 1.165) is 29.7 Å². The van der Waals surface area contributed by atoms with Gasteiger partial charge in [0.1, 0.15) is 5.82 Å². The van der Waals surface area contributed by atoms with Crippen molar-refractivity contribution >= 4 is 17.6 Å². The quantitative estimate of drug-likeness (QED) is 0.531. The Morgan fingerprint density at radius 2 is 1.76 bits per heavy atom. The summed E-state index contributed by atoms with van der Waals surface area (Å²) in [6.45, 7) is 4.18. The second-order valence-electron chi connectivity index (χ2n) is 9.26. The molecule has 0 bridgehead atoms. The summed E-state index contributed by atoms with van der Waals surface area (Å²) in [5.74, 6) is 1.08. The fraction of sp³-hybridized carbons (Fsp3) is 0.346. The number of benzene rings is 2. The predicted molar refractivity (Wildman–Crippen MR) is 128 cm³/mol. The van der Waals surface area contributed by atoms with Crippen LogP contribution in [0.4, 0.5) is 5.82 Å². The Morgan fingerprint density at radius 3 is 2.42 bits per heavy atom. The van der Waals surface area contributed by atoms with Gasteiger partial charge in [0, 0.05) is 30.0 Å². The van der Waals surface area contributed by atoms with Gasteiger partial charge in [-0.2, -0.15) is 5.10 Å². The van der Waals surface area contributed by atoms with Gasteiger partial charge in [-0.1, -0.05) is 56.3 Å². The molecule has 1 aromatic heterocycles. The minimum Gasteiger partial charge on any atom is -0.322 e. The molecule has 1 saturated carbocycles. The largest absolute Gasteiger partial charge is 0.322 e. The topological polar surface area (TPSA) is 88.1 Å². The van der Waals surface area contributed by atoms with E-state index in [1.54, 1.807) is 4.68 Å². The molecular formula is C26H29N5O2. The van der Waals surface area contributed by atoms with Gasteiger partial charge in [0.05, 0.1) is 5.69 Å². The van der Waals surface area contributed by atoms with Crippen molar-refractivity contribution in [1.82, 2.24) is 20.4 Å². The number of rotatable bonds is 6. The van der Waals surface area contributed by atoms with Crippen LogP contribution < -0.4 is 16.0 Å². The number of hydrogen-bond acceptors (Lipinski definition) is 4. The maximum Gasteiger partial charge on any atom is 0.256 e. The Kier molecular flexibility index (Phi) is 5.72. The first-order valence-electron chi connectivity index (χ1n) is 11.6. The molecule has 2 atom stereocenters. The van der Waals surface area contributed by atoms with E-state index in [0.29, 0.717) is 29.6 Å². The summed E-state index contributed by atoms with van der Waals surface area (Å²) in [6, 6.07) is 19.6. The molecule has 1 aliphatic carbocycles. The van der Waals surface area contributed by atoms with Crippen molar-refractivity contribution in [2.45, 2.75) is 51.4 Å². The van der Waals surface area contributed by atoms with E-state index in [9.17, 15) is 9.59 Å². The summed E-state index contributed by atoms with van der Waals surface area (Å²) in [4.78, 5) is 25.4. The zero-order valence-corrected chi connectivity index (χ0v) is 18.9. The van der Waals surface area contributed by atoms with Crippen molar-refractivity contribution in [2.24, 2.45) is 5.92 Å². The summed E-state index contributed by atoms with van der Waals surface area (Å²) >= 11 is 0. The predicted octanol–water partition coefficient (Wildman–Crippen LogP) is 4.27. The highest BCUT2D eigenvalue weighted by atomic mass is 16.2. The van der Waals surface area contributed by atoms with Gasteiger partial charge in [-0.05, 0) is 42.0 Å². The molecule has 7 heteroatoms. The van der Waals surface area contributed by atoms with E-state index in [-0.39, 0.29) is 17.9 Å². The van der Waals surface area contributed by atoms with Crippen LogP contribution in [-0.2, 0) is 4.79 Å². The molecule has 2 heterocycles. The van der Waals surface area contributed by atoms with Gasteiger partial charge in [0.25, 0.3) is 5.91 Å². The molecule has 2 amide bonds. The van der Waals surface area contributed by atoms with Crippen molar-refractivity contribution in [1.29, 1.82) is 0 Å². The minimum absolute atomic E-state index is 0.0188. The average molecular weight is 444 g/mol. The van der Waals surface area contributed by atoms with Crippen LogP contribution in [0.3, 0.4) is 0 Å². The van der Waals surface area contributed by atoms with Crippen molar-refractivity contribution < 1.29 is 9.59 Å². The van der Waals surface area contributed by atoms with Crippen molar-refractivity contribution in [3.05, 3.63) is 71.9 Å². The SMILES string of the molecule is CC(C)C1CC(=O)NC(n2nc(C3CC3)cc2NC(=O)c2ccc(-c3ccccc3)cc2)N1. The standard InChI is InChI=1S/C26H29N5O2/c1-16(2)21-15-24(32)29-26(27-21)31-23(14-22(30-31)19-10-11-19)28-25(33)20-12-8-18(9-13-20)17-6-4-3-5-7-17/h3-9,12-14,16,19,21,26-27H,10-11,15H2,1-2H3,(H,28,33)(H,29,32). The van der Waals surface area contributed by atoms with Crippen LogP contribution >= 0.6 is 0 Å². The highest BCUT2D eigenvalue weighted by molar-refractivity contribution is 6.04. The molecule has 170 valence electrons. The molecule has 0 spiro atoms. The van der Waals surface area contributed by atoms with Crippen molar-refractivity contribution in [3.8, 4) is 11.1 Å². The monoisotopic (exact) mass is 443 g/mol. The molecule has 2 unspecified atom stereocenters. The zero-order chi connectivity index (χ0) is 22.9. The Balaban J connectivity index is 1.38. The number of carbonyl (C=O) groups excluding carboxylic acids is 2. The van der Waals surface area contributed by atoms with Crippen LogP contribution in [0, 0.1) is 5.92 Å². The van der Waals surface area contributed by atoms with Gasteiger partial charge >= 0.3 is 0 Å². The first-order chi connectivity index (χ1) is 16.0. The first-order valence-corrected chi connectivity index (χ1v) is 11.6. The maximum atomic E-state index is 13.1. The van der Waals surface area contributed by atoms with Gasteiger partial charge in [-0.3, -0.25) is 14.9 Å². The average Bonchev–Trinajstić information content (AvgIpc) is 3.59. The Labute approximate surface area is 193 Å². The molecule has 2 fully saturated rings. The van der Waals surface area contributed by atoms with Gasteiger partial charge in [0.15, 0.2) is 6.29 Å². The highest BCUT2D eigenvalue weighted by Gasteiger charge is 2.33. The number of carbonyl (C=O) groups is 2. The lowest BCUT2D eigenvalue weighted by Crippen LogP contribution is -2.55. The third-order valence-corrected chi connectivity index (χ3v) is 6.37. The molecule has 2 aliphatic rings. The summed E-state index contributed by atoms with van der Waals surface area (Å²) in [6.07, 6.45) is 2.14. The second kappa shape index (κ2) is 8.83. The van der Waals surface area contributed by atoms with E-state index in [1.807, 2.05) is 60.7 Å². The van der Waals surface area contributed by atoms with Gasteiger partial charge < -0.3 is 10.6 Å². The van der Waals surface area contributed by atoms with Crippen molar-refractivity contribution in [2.75, 3.05) is 5.32 Å². The fourth-order valence-corrected chi connectivity index (χ4v) is 4.19. The molecule has 33 heavy (non-hydrogen) atoms. The molecule has 2 aromatic carbocycles. The third-order valence-electron chi connectivity index (χ3n) is 6.37. The van der Waals surface area contributed by atoms with E-state index < -0.39 is 6.29 Å². The third kappa shape index (κ3) is 4.68. The van der Waals surface area contributed by atoms with Crippen molar-refractivity contribution in [3.63, 3.8) is 0 Å². The number of aromatic nitrogens is 2. The summed E-state index contributed by atoms with van der Waals surface area (Å²) < 4.78 is 1.70. The Hall–Kier alpha value is -3.45. The molecule has 3 aromatic rings. The molecule has 3 N–H and O–H groups in total. The highest BCUT2D eigenvalue weighted by Crippen LogP contribution is 2.40. The molecular weight excluding hydrogens is 414 g/mol. The number of anilines is 1. The number of hydrogen-bond donors (Lipinski definition) is 3. The maximum absolute atomic E-state index is 13.1. The van der Waals surface area contributed by atoms with Gasteiger partial charge in [-0.25, -0.2) is 4.68 Å². The second-order valence-corrected chi connectivity index (χ2v) is 9.26. The van der Waals surface area contributed by atoms with Crippen LogP contribution in [-0.4, -0.2) is 27.6 Å². The Bertz CT molecular complexity index is 1150. The normalized spacial score (nSPS) is 20.5. The van der Waals surface area contributed by atoms with Crippen LogP contribution in [0.5, 0.6) is 0 Å². The lowest BCUT2D eigenvalue weighted by molar-refractivity contribution is -0.126. The Morgan fingerprint density at radius 1 is 1.06 bits per heavy atom. The summed E-state index contributed by atoms with van der Waals surface area (Å²) in [5.41, 5.74) is 3.68. The molecule has 1 aliphatic heterocycles. The fourth-order valence-electron chi connectivity index (χ4n) is 4.19. The van der Waals surface area contributed by atoms with E-state index >= 15 is 0 Å². The van der Waals surface area contributed by atoms with E-state index in [1.165, 1.54) is 0 Å². The number of nitrogens with one attached hydrogen (secondary N) is 3. The molecule has 5 rings (SSSR count). The van der Waals surface area contributed by atoms with Gasteiger partial charge in [0.2, 0.25) is 5.91 Å². The summed E-state index contributed by atoms with van der Waals surface area (Å²) in [5, 5.41) is 14.2.